The van der Waals surface area contributed by atoms with E-state index in [-0.39, 0.29) is 5.91 Å². The largest absolute Gasteiger partial charge is 0.372 e. The Balaban J connectivity index is 1.31. The van der Waals surface area contributed by atoms with E-state index in [1.54, 1.807) is 4.52 Å². The van der Waals surface area contributed by atoms with E-state index in [9.17, 15) is 4.79 Å². The number of aryl methyl sites for hydroxylation is 2. The van der Waals surface area contributed by atoms with Crippen molar-refractivity contribution < 1.29 is 4.79 Å². The fourth-order valence-corrected chi connectivity index (χ4v) is 4.09. The fraction of sp³-hybridized carbons (Fsp3) is 0.444. The first kappa shape index (κ1) is 17.0. The van der Waals surface area contributed by atoms with E-state index in [0.29, 0.717) is 12.8 Å². The lowest BCUT2D eigenvalue weighted by Gasteiger charge is -2.28. The van der Waals surface area contributed by atoms with Gasteiger partial charge in [-0.25, -0.2) is 0 Å². The number of hydrogen-bond acceptors (Lipinski definition) is 6. The molecule has 136 valence electrons. The number of carbonyl (C=O) groups excluding carboxylic acids is 1. The van der Waals surface area contributed by atoms with E-state index in [1.807, 2.05) is 19.1 Å². The highest BCUT2D eigenvalue weighted by molar-refractivity contribution is 7.16. The summed E-state index contributed by atoms with van der Waals surface area (Å²) in [6, 6.07) is 8.14. The average Bonchev–Trinajstić information content (AvgIpc) is 3.23. The van der Waals surface area contributed by atoms with Crippen LogP contribution in [-0.4, -0.2) is 38.8 Å². The number of rotatable bonds is 5. The summed E-state index contributed by atoms with van der Waals surface area (Å²) >= 11 is 1.48. The number of anilines is 2. The fourth-order valence-electron chi connectivity index (χ4n) is 3.21. The Kier molecular flexibility index (Phi) is 4.83. The molecule has 0 radical (unpaired) electrons. The summed E-state index contributed by atoms with van der Waals surface area (Å²) in [5.41, 5.74) is 2.07. The molecule has 1 aromatic carbocycles. The molecule has 1 N–H and O–H groups in total. The summed E-state index contributed by atoms with van der Waals surface area (Å²) in [5.74, 6) is 0.763. The normalized spacial score (nSPS) is 14.7. The maximum Gasteiger partial charge on any atom is 0.234 e. The molecule has 8 heteroatoms. The van der Waals surface area contributed by atoms with Gasteiger partial charge in [-0.05, 0) is 50.5 Å². The number of nitrogens with one attached hydrogen (secondary N) is 1. The highest BCUT2D eigenvalue weighted by atomic mass is 32.1. The molecule has 4 rings (SSSR count). The number of amides is 1. The average molecular weight is 370 g/mol. The van der Waals surface area contributed by atoms with Crippen molar-refractivity contribution in [1.82, 2.24) is 19.8 Å². The zero-order valence-corrected chi connectivity index (χ0v) is 15.6. The van der Waals surface area contributed by atoms with Crippen molar-refractivity contribution in [2.45, 2.75) is 39.0 Å². The summed E-state index contributed by atoms with van der Waals surface area (Å²) < 4.78 is 1.72. The van der Waals surface area contributed by atoms with Crippen LogP contribution < -0.4 is 10.2 Å². The highest BCUT2D eigenvalue weighted by Crippen LogP contribution is 2.22. The molecule has 7 nitrogen and oxygen atoms in total. The van der Waals surface area contributed by atoms with Crippen LogP contribution in [0.5, 0.6) is 0 Å². The maximum atomic E-state index is 12.2. The van der Waals surface area contributed by atoms with E-state index >= 15 is 0 Å². The summed E-state index contributed by atoms with van der Waals surface area (Å²) in [6.45, 7) is 4.11. The lowest BCUT2D eigenvalue weighted by molar-refractivity contribution is -0.116. The van der Waals surface area contributed by atoms with Crippen molar-refractivity contribution in [2.24, 2.45) is 0 Å². The third kappa shape index (κ3) is 3.70. The lowest BCUT2D eigenvalue weighted by Crippen LogP contribution is -2.29. The maximum absolute atomic E-state index is 12.2. The first-order chi connectivity index (χ1) is 12.7. The SMILES string of the molecule is Cc1nnc2sc(CCC(=O)Nc3ccc(N4CCCCC4)cc3)nn12. The van der Waals surface area contributed by atoms with Crippen LogP contribution in [0.2, 0.25) is 0 Å². The van der Waals surface area contributed by atoms with Gasteiger partial charge in [-0.1, -0.05) is 11.3 Å². The minimum atomic E-state index is -0.00147. The van der Waals surface area contributed by atoms with Gasteiger partial charge in [0.1, 0.15) is 5.01 Å². The van der Waals surface area contributed by atoms with E-state index in [2.05, 4.69) is 37.6 Å². The predicted octanol–water partition coefficient (Wildman–Crippen LogP) is 3.06. The van der Waals surface area contributed by atoms with Gasteiger partial charge in [0, 0.05) is 37.3 Å². The second-order valence-corrected chi connectivity index (χ2v) is 7.62. The van der Waals surface area contributed by atoms with E-state index in [0.717, 1.165) is 34.6 Å². The number of benzene rings is 1. The Labute approximate surface area is 156 Å². The van der Waals surface area contributed by atoms with Gasteiger partial charge < -0.3 is 10.2 Å². The molecular formula is C18H22N6OS. The van der Waals surface area contributed by atoms with Crippen LogP contribution >= 0.6 is 11.3 Å². The molecular weight excluding hydrogens is 348 g/mol. The molecule has 0 spiro atoms. The monoisotopic (exact) mass is 370 g/mol. The van der Waals surface area contributed by atoms with Crippen molar-refractivity contribution in [3.05, 3.63) is 35.1 Å². The quantitative estimate of drug-likeness (QED) is 0.747. The van der Waals surface area contributed by atoms with Crippen LogP contribution in [0.1, 0.15) is 36.5 Å². The molecule has 1 amide bonds. The zero-order chi connectivity index (χ0) is 17.9. The molecule has 0 unspecified atom stereocenters. The molecule has 0 aliphatic carbocycles. The molecule has 0 bridgehead atoms. The van der Waals surface area contributed by atoms with Crippen molar-refractivity contribution in [2.75, 3.05) is 23.3 Å². The smallest absolute Gasteiger partial charge is 0.234 e. The second kappa shape index (κ2) is 7.41. The van der Waals surface area contributed by atoms with Crippen LogP contribution in [-0.2, 0) is 11.2 Å². The van der Waals surface area contributed by atoms with Gasteiger partial charge in [0.25, 0.3) is 0 Å². The minimum Gasteiger partial charge on any atom is -0.372 e. The Hall–Kier alpha value is -2.48. The minimum absolute atomic E-state index is 0.00147. The van der Waals surface area contributed by atoms with Crippen molar-refractivity contribution >= 4 is 33.6 Å². The summed E-state index contributed by atoms with van der Waals surface area (Å²) in [7, 11) is 0. The number of piperidine rings is 1. The first-order valence-corrected chi connectivity index (χ1v) is 9.83. The van der Waals surface area contributed by atoms with Gasteiger partial charge in [-0.2, -0.15) is 9.61 Å². The topological polar surface area (TPSA) is 75.4 Å². The van der Waals surface area contributed by atoms with Crippen LogP contribution in [0.4, 0.5) is 11.4 Å². The molecule has 0 saturated carbocycles. The number of carbonyl (C=O) groups is 1. The van der Waals surface area contributed by atoms with Gasteiger partial charge >= 0.3 is 0 Å². The number of hydrogen-bond donors (Lipinski definition) is 1. The highest BCUT2D eigenvalue weighted by Gasteiger charge is 2.12. The van der Waals surface area contributed by atoms with E-state index in [4.69, 9.17) is 0 Å². The standard InChI is InChI=1S/C18H22N6OS/c1-13-20-21-18-24(13)22-17(26-18)10-9-16(25)19-14-5-7-15(8-6-14)23-11-3-2-4-12-23/h5-8H,2-4,9-12H2,1H3,(H,19,25). The summed E-state index contributed by atoms with van der Waals surface area (Å²) in [4.78, 5) is 15.4. The first-order valence-electron chi connectivity index (χ1n) is 9.01. The van der Waals surface area contributed by atoms with Crippen LogP contribution in [0.25, 0.3) is 4.96 Å². The van der Waals surface area contributed by atoms with Gasteiger partial charge in [0.15, 0.2) is 5.82 Å². The Morgan fingerprint density at radius 1 is 1.15 bits per heavy atom. The van der Waals surface area contributed by atoms with E-state index in [1.165, 1.54) is 36.3 Å². The van der Waals surface area contributed by atoms with Crippen LogP contribution in [0, 0.1) is 6.92 Å². The number of aromatic nitrogens is 4. The predicted molar refractivity (Wildman–Crippen MR) is 103 cm³/mol. The third-order valence-corrected chi connectivity index (χ3v) is 5.59. The molecule has 1 fully saturated rings. The lowest BCUT2D eigenvalue weighted by atomic mass is 10.1. The Bertz CT molecular complexity index is 894. The van der Waals surface area contributed by atoms with E-state index < -0.39 is 0 Å². The molecule has 0 atom stereocenters. The Morgan fingerprint density at radius 3 is 2.65 bits per heavy atom. The molecule has 1 saturated heterocycles. The number of fused-ring (bicyclic) bond motifs is 1. The summed E-state index contributed by atoms with van der Waals surface area (Å²) in [5, 5.41) is 16.3. The van der Waals surface area contributed by atoms with Crippen LogP contribution in [0.15, 0.2) is 24.3 Å². The third-order valence-electron chi connectivity index (χ3n) is 4.63. The Morgan fingerprint density at radius 2 is 1.92 bits per heavy atom. The van der Waals surface area contributed by atoms with Crippen LogP contribution in [0.3, 0.4) is 0 Å². The zero-order valence-electron chi connectivity index (χ0n) is 14.8. The molecule has 26 heavy (non-hydrogen) atoms. The molecule has 3 heterocycles. The van der Waals surface area contributed by atoms with Crippen molar-refractivity contribution in [3.8, 4) is 0 Å². The second-order valence-electron chi connectivity index (χ2n) is 6.58. The number of nitrogens with zero attached hydrogens (tertiary/aromatic N) is 5. The summed E-state index contributed by atoms with van der Waals surface area (Å²) in [6.07, 6.45) is 4.85. The van der Waals surface area contributed by atoms with Gasteiger partial charge in [-0.15, -0.1) is 10.2 Å². The van der Waals surface area contributed by atoms with Crippen molar-refractivity contribution in [3.63, 3.8) is 0 Å². The van der Waals surface area contributed by atoms with Gasteiger partial charge in [0.2, 0.25) is 10.9 Å². The van der Waals surface area contributed by atoms with Gasteiger partial charge in [-0.3, -0.25) is 4.79 Å². The molecule has 1 aliphatic rings. The van der Waals surface area contributed by atoms with Gasteiger partial charge in [0.05, 0.1) is 0 Å². The molecule has 2 aromatic heterocycles. The van der Waals surface area contributed by atoms with Crippen molar-refractivity contribution in [1.29, 1.82) is 0 Å². The molecule has 3 aromatic rings. The molecule has 1 aliphatic heterocycles.